The van der Waals surface area contributed by atoms with Crippen molar-refractivity contribution in [2.75, 3.05) is 0 Å². The highest BCUT2D eigenvalue weighted by molar-refractivity contribution is 5.55. The molecule has 1 fully saturated rings. The van der Waals surface area contributed by atoms with E-state index in [1.807, 2.05) is 0 Å². The summed E-state index contributed by atoms with van der Waals surface area (Å²) in [7, 11) is 0. The van der Waals surface area contributed by atoms with Gasteiger partial charge in [-0.2, -0.15) is 4.98 Å². The van der Waals surface area contributed by atoms with Gasteiger partial charge in [-0.25, -0.2) is 0 Å². The molecule has 6 heteroatoms. The molecule has 2 aromatic rings. The summed E-state index contributed by atoms with van der Waals surface area (Å²) in [5.74, 6) is 1.14. The van der Waals surface area contributed by atoms with E-state index in [0.29, 0.717) is 11.7 Å². The molecule has 1 aromatic carbocycles. The summed E-state index contributed by atoms with van der Waals surface area (Å²) in [5.41, 5.74) is 8.35. The van der Waals surface area contributed by atoms with Gasteiger partial charge in [0, 0.05) is 5.56 Å². The fourth-order valence-corrected chi connectivity index (χ4v) is 4.07. The number of rotatable bonds is 12. The van der Waals surface area contributed by atoms with E-state index in [4.69, 9.17) is 15.7 Å². The highest BCUT2D eigenvalue weighted by Gasteiger charge is 2.34. The van der Waals surface area contributed by atoms with Crippen LogP contribution in [0.3, 0.4) is 0 Å². The maximum atomic E-state index is 7.56. The Kier molecular flexibility index (Phi) is 8.23. The monoisotopic (exact) mass is 397 g/mol. The predicted octanol–water partition coefficient (Wildman–Crippen LogP) is 5.45. The van der Waals surface area contributed by atoms with E-state index in [2.05, 4.69) is 41.3 Å². The lowest BCUT2D eigenvalue weighted by molar-refractivity contribution is 0.260. The molecule has 0 aliphatic carbocycles. The summed E-state index contributed by atoms with van der Waals surface area (Å²) >= 11 is 0. The Morgan fingerprint density at radius 1 is 1.07 bits per heavy atom. The van der Waals surface area contributed by atoms with E-state index in [1.54, 1.807) is 4.90 Å². The van der Waals surface area contributed by atoms with Crippen LogP contribution in [0.15, 0.2) is 28.8 Å². The van der Waals surface area contributed by atoms with Gasteiger partial charge in [0.25, 0.3) is 0 Å². The second-order valence-electron chi connectivity index (χ2n) is 8.11. The molecule has 1 aliphatic heterocycles. The minimum Gasteiger partial charge on any atom is -0.337 e. The molecule has 1 saturated heterocycles. The summed E-state index contributed by atoms with van der Waals surface area (Å²) in [6.45, 7) is 2.26. The van der Waals surface area contributed by atoms with Crippen LogP contribution < -0.4 is 5.73 Å². The SMILES string of the molecule is CCCCCCCCCCc1ccc(-c2noc(C3CCC(N)N3C=N)n2)cc1. The van der Waals surface area contributed by atoms with Gasteiger partial charge in [0.2, 0.25) is 11.7 Å². The zero-order valence-electron chi connectivity index (χ0n) is 17.6. The van der Waals surface area contributed by atoms with Crippen LogP contribution in [-0.4, -0.2) is 27.5 Å². The summed E-state index contributed by atoms with van der Waals surface area (Å²) in [4.78, 5) is 6.35. The van der Waals surface area contributed by atoms with Gasteiger partial charge in [-0.15, -0.1) is 0 Å². The largest absolute Gasteiger partial charge is 0.337 e. The lowest BCUT2D eigenvalue weighted by atomic mass is 10.0. The highest BCUT2D eigenvalue weighted by Crippen LogP contribution is 2.33. The molecule has 1 aliphatic rings. The number of likely N-dealkylation sites (tertiary alicyclic amines) is 1. The van der Waals surface area contributed by atoms with Crippen LogP contribution in [0, 0.1) is 5.41 Å². The Labute approximate surface area is 174 Å². The molecule has 2 unspecified atom stereocenters. The number of nitrogens with one attached hydrogen (secondary N) is 1. The normalized spacial score (nSPS) is 19.0. The van der Waals surface area contributed by atoms with Crippen molar-refractivity contribution in [1.82, 2.24) is 15.0 Å². The second-order valence-corrected chi connectivity index (χ2v) is 8.11. The van der Waals surface area contributed by atoms with E-state index in [1.165, 1.54) is 63.3 Å². The van der Waals surface area contributed by atoms with Crippen molar-refractivity contribution in [3.05, 3.63) is 35.7 Å². The number of hydrogen-bond acceptors (Lipinski definition) is 5. The van der Waals surface area contributed by atoms with Gasteiger partial charge in [0.15, 0.2) is 0 Å². The van der Waals surface area contributed by atoms with Crippen molar-refractivity contribution < 1.29 is 4.52 Å². The van der Waals surface area contributed by atoms with Gasteiger partial charge in [0.05, 0.1) is 12.5 Å². The molecule has 3 N–H and O–H groups in total. The first-order chi connectivity index (χ1) is 14.2. The lowest BCUT2D eigenvalue weighted by Gasteiger charge is -2.22. The standard InChI is InChI=1S/C23H35N5O/c1-2-3-4-5-6-7-8-9-10-18-11-13-19(14-12-18)22-26-23(29-27-22)20-15-16-21(25)28(20)17-24/h11-14,17,20-21,24H,2-10,15-16,25H2,1H3. The van der Waals surface area contributed by atoms with Gasteiger partial charge in [-0.3, -0.25) is 5.41 Å². The molecule has 0 saturated carbocycles. The molecule has 1 aromatic heterocycles. The molecule has 2 heterocycles. The first-order valence-corrected chi connectivity index (χ1v) is 11.2. The van der Waals surface area contributed by atoms with Crippen molar-refractivity contribution in [3.8, 4) is 11.4 Å². The Morgan fingerprint density at radius 2 is 1.76 bits per heavy atom. The molecule has 2 atom stereocenters. The zero-order valence-corrected chi connectivity index (χ0v) is 17.6. The average Bonchev–Trinajstić information content (AvgIpc) is 3.37. The molecule has 0 amide bonds. The van der Waals surface area contributed by atoms with Gasteiger partial charge in [-0.05, 0) is 31.2 Å². The quantitative estimate of drug-likeness (QED) is 0.282. The molecule has 0 bridgehead atoms. The van der Waals surface area contributed by atoms with Gasteiger partial charge < -0.3 is 15.2 Å². The number of aromatic nitrogens is 2. The highest BCUT2D eigenvalue weighted by atomic mass is 16.5. The van der Waals surface area contributed by atoms with E-state index < -0.39 is 0 Å². The predicted molar refractivity (Wildman–Crippen MR) is 117 cm³/mol. The fraction of sp³-hybridized carbons (Fsp3) is 0.609. The van der Waals surface area contributed by atoms with E-state index in [0.717, 1.165) is 24.8 Å². The number of nitrogens with zero attached hydrogens (tertiary/aromatic N) is 3. The third-order valence-electron chi connectivity index (χ3n) is 5.89. The van der Waals surface area contributed by atoms with Crippen LogP contribution in [0.2, 0.25) is 0 Å². The molecule has 6 nitrogen and oxygen atoms in total. The second kappa shape index (κ2) is 11.1. The van der Waals surface area contributed by atoms with Gasteiger partial charge in [0.1, 0.15) is 6.04 Å². The van der Waals surface area contributed by atoms with E-state index in [9.17, 15) is 0 Å². The van der Waals surface area contributed by atoms with Crippen molar-refractivity contribution in [3.63, 3.8) is 0 Å². The van der Waals surface area contributed by atoms with Crippen molar-refractivity contribution >= 4 is 6.34 Å². The van der Waals surface area contributed by atoms with Crippen LogP contribution in [0.5, 0.6) is 0 Å². The van der Waals surface area contributed by atoms with E-state index in [-0.39, 0.29) is 12.2 Å². The van der Waals surface area contributed by atoms with Crippen LogP contribution in [0.25, 0.3) is 11.4 Å². The number of benzene rings is 1. The van der Waals surface area contributed by atoms with Crippen molar-refractivity contribution in [2.24, 2.45) is 5.73 Å². The lowest BCUT2D eigenvalue weighted by Crippen LogP contribution is -2.36. The van der Waals surface area contributed by atoms with Crippen molar-refractivity contribution in [1.29, 1.82) is 5.41 Å². The van der Waals surface area contributed by atoms with Crippen LogP contribution >= 0.6 is 0 Å². The summed E-state index contributed by atoms with van der Waals surface area (Å²) in [6, 6.07) is 8.39. The smallest absolute Gasteiger partial charge is 0.249 e. The molecule has 158 valence electrons. The third-order valence-corrected chi connectivity index (χ3v) is 5.89. The minimum absolute atomic E-state index is 0.0926. The van der Waals surface area contributed by atoms with Gasteiger partial charge >= 0.3 is 0 Å². The molecular weight excluding hydrogens is 362 g/mol. The van der Waals surface area contributed by atoms with Crippen LogP contribution in [0.4, 0.5) is 0 Å². The Morgan fingerprint density at radius 3 is 2.45 bits per heavy atom. The summed E-state index contributed by atoms with van der Waals surface area (Å²) < 4.78 is 5.48. The molecule has 29 heavy (non-hydrogen) atoms. The summed E-state index contributed by atoms with van der Waals surface area (Å²) in [5, 5.41) is 11.7. The first kappa shape index (κ1) is 21.5. The topological polar surface area (TPSA) is 92.0 Å². The Hall–Kier alpha value is -2.21. The van der Waals surface area contributed by atoms with Crippen LogP contribution in [0.1, 0.15) is 88.6 Å². The maximum absolute atomic E-state index is 7.56. The maximum Gasteiger partial charge on any atom is 0.249 e. The first-order valence-electron chi connectivity index (χ1n) is 11.2. The number of hydrogen-bond donors (Lipinski definition) is 2. The van der Waals surface area contributed by atoms with Crippen LogP contribution in [-0.2, 0) is 6.42 Å². The Bertz CT molecular complexity index is 742. The summed E-state index contributed by atoms with van der Waals surface area (Å²) in [6.07, 6.45) is 14.7. The van der Waals surface area contributed by atoms with Crippen molar-refractivity contribution in [2.45, 2.75) is 89.8 Å². The molecule has 0 radical (unpaired) electrons. The number of nitrogens with two attached hydrogens (primary N) is 1. The minimum atomic E-state index is -0.150. The molecular formula is C23H35N5O. The fourth-order valence-electron chi connectivity index (χ4n) is 4.07. The zero-order chi connectivity index (χ0) is 20.5. The Balaban J connectivity index is 1.46. The van der Waals surface area contributed by atoms with E-state index >= 15 is 0 Å². The molecule has 3 rings (SSSR count). The average molecular weight is 398 g/mol. The third kappa shape index (κ3) is 5.89. The number of unbranched alkanes of at least 4 members (excludes halogenated alkanes) is 7. The van der Waals surface area contributed by atoms with Gasteiger partial charge in [-0.1, -0.05) is 81.3 Å². The molecule has 0 spiro atoms. The number of aryl methyl sites for hydroxylation is 1.